The summed E-state index contributed by atoms with van der Waals surface area (Å²) in [6.45, 7) is 7.66. The van der Waals surface area contributed by atoms with E-state index in [4.69, 9.17) is 0 Å². The fourth-order valence-corrected chi connectivity index (χ4v) is 2.18. The Kier molecular flexibility index (Phi) is 3.61. The van der Waals surface area contributed by atoms with Crippen LogP contribution in [-0.4, -0.2) is 41.5 Å². The molecule has 0 aromatic carbocycles. The van der Waals surface area contributed by atoms with Gasteiger partial charge in [0.05, 0.1) is 6.04 Å². The van der Waals surface area contributed by atoms with Gasteiger partial charge < -0.3 is 15.2 Å². The summed E-state index contributed by atoms with van der Waals surface area (Å²) in [7, 11) is 2.16. The number of nitrogens with one attached hydrogen (secondary N) is 2. The number of nitrogens with zero attached hydrogens (tertiary/aromatic N) is 2. The molecule has 0 aliphatic carbocycles. The maximum atomic E-state index is 4.48. The van der Waals surface area contributed by atoms with Crippen molar-refractivity contribution < 1.29 is 0 Å². The Balaban J connectivity index is 2.00. The Labute approximate surface area is 97.4 Å². The summed E-state index contributed by atoms with van der Waals surface area (Å²) in [6, 6.07) is 0.361. The van der Waals surface area contributed by atoms with Gasteiger partial charge in [0.2, 0.25) is 0 Å². The topological polar surface area (TPSA) is 44.0 Å². The maximum Gasteiger partial charge on any atom is 0.124 e. The molecule has 90 valence electrons. The Morgan fingerprint density at radius 3 is 3.06 bits per heavy atom. The van der Waals surface area contributed by atoms with Gasteiger partial charge in [0, 0.05) is 31.5 Å². The third kappa shape index (κ3) is 2.83. The van der Waals surface area contributed by atoms with Gasteiger partial charge in [0.15, 0.2) is 0 Å². The summed E-state index contributed by atoms with van der Waals surface area (Å²) in [5.41, 5.74) is 1.25. The smallest absolute Gasteiger partial charge is 0.124 e. The second-order valence-corrected chi connectivity index (χ2v) is 5.16. The number of aromatic nitrogens is 2. The van der Waals surface area contributed by atoms with Crippen molar-refractivity contribution in [3.05, 3.63) is 17.7 Å². The van der Waals surface area contributed by atoms with E-state index in [0.29, 0.717) is 12.0 Å². The van der Waals surface area contributed by atoms with E-state index < -0.39 is 0 Å². The molecule has 1 aliphatic heterocycles. The van der Waals surface area contributed by atoms with Crippen molar-refractivity contribution in [2.75, 3.05) is 26.7 Å². The highest BCUT2D eigenvalue weighted by Crippen LogP contribution is 2.14. The van der Waals surface area contributed by atoms with Crippen LogP contribution in [-0.2, 0) is 6.42 Å². The van der Waals surface area contributed by atoms with Crippen LogP contribution >= 0.6 is 0 Å². The Hall–Kier alpha value is -0.870. The first-order chi connectivity index (χ1) is 7.65. The van der Waals surface area contributed by atoms with Crippen LogP contribution in [0, 0.1) is 5.92 Å². The van der Waals surface area contributed by atoms with E-state index in [1.807, 2.05) is 6.20 Å². The van der Waals surface area contributed by atoms with Crippen LogP contribution in [0.2, 0.25) is 0 Å². The molecule has 2 rings (SSSR count). The SMILES string of the molecule is CC(C)Cc1cnc(C2CN(C)CCN2)[nH]1. The van der Waals surface area contributed by atoms with Crippen molar-refractivity contribution in [3.63, 3.8) is 0 Å². The second kappa shape index (κ2) is 4.97. The van der Waals surface area contributed by atoms with Crippen molar-refractivity contribution >= 4 is 0 Å². The lowest BCUT2D eigenvalue weighted by Gasteiger charge is -2.29. The van der Waals surface area contributed by atoms with Gasteiger partial charge in [0.25, 0.3) is 0 Å². The van der Waals surface area contributed by atoms with E-state index in [9.17, 15) is 0 Å². The van der Waals surface area contributed by atoms with Gasteiger partial charge in [-0.05, 0) is 19.4 Å². The molecule has 1 aliphatic rings. The zero-order valence-corrected chi connectivity index (χ0v) is 10.5. The van der Waals surface area contributed by atoms with E-state index in [0.717, 1.165) is 31.9 Å². The summed E-state index contributed by atoms with van der Waals surface area (Å²) < 4.78 is 0. The first kappa shape index (κ1) is 11.6. The molecule has 1 fully saturated rings. The number of rotatable bonds is 3. The molecule has 16 heavy (non-hydrogen) atoms. The molecule has 1 saturated heterocycles. The number of aromatic amines is 1. The Morgan fingerprint density at radius 1 is 1.56 bits per heavy atom. The predicted octanol–water partition coefficient (Wildman–Crippen LogP) is 1.18. The molecule has 1 aromatic heterocycles. The maximum absolute atomic E-state index is 4.48. The highest BCUT2D eigenvalue weighted by Gasteiger charge is 2.20. The molecular formula is C12H22N4. The minimum atomic E-state index is 0.361. The zero-order valence-electron chi connectivity index (χ0n) is 10.5. The number of imidazole rings is 1. The van der Waals surface area contributed by atoms with E-state index in [-0.39, 0.29) is 0 Å². The largest absolute Gasteiger partial charge is 0.345 e. The lowest BCUT2D eigenvalue weighted by Crippen LogP contribution is -2.44. The minimum absolute atomic E-state index is 0.361. The fraction of sp³-hybridized carbons (Fsp3) is 0.750. The molecule has 2 N–H and O–H groups in total. The minimum Gasteiger partial charge on any atom is -0.345 e. The molecule has 0 amide bonds. The van der Waals surface area contributed by atoms with Crippen molar-refractivity contribution in [2.24, 2.45) is 5.92 Å². The molecule has 0 spiro atoms. The van der Waals surface area contributed by atoms with Crippen molar-refractivity contribution in [2.45, 2.75) is 26.3 Å². The van der Waals surface area contributed by atoms with Crippen molar-refractivity contribution in [3.8, 4) is 0 Å². The highest BCUT2D eigenvalue weighted by molar-refractivity contribution is 5.06. The normalized spacial score (nSPS) is 22.9. The summed E-state index contributed by atoms with van der Waals surface area (Å²) in [5.74, 6) is 1.76. The fourth-order valence-electron chi connectivity index (χ4n) is 2.18. The van der Waals surface area contributed by atoms with Crippen LogP contribution in [0.1, 0.15) is 31.4 Å². The monoisotopic (exact) mass is 222 g/mol. The van der Waals surface area contributed by atoms with Crippen LogP contribution in [0.25, 0.3) is 0 Å². The van der Waals surface area contributed by atoms with Crippen molar-refractivity contribution in [1.29, 1.82) is 0 Å². The summed E-state index contributed by atoms with van der Waals surface area (Å²) >= 11 is 0. The highest BCUT2D eigenvalue weighted by atomic mass is 15.2. The number of hydrogen-bond donors (Lipinski definition) is 2. The first-order valence-corrected chi connectivity index (χ1v) is 6.11. The van der Waals surface area contributed by atoms with Gasteiger partial charge in [0.1, 0.15) is 5.82 Å². The lowest BCUT2D eigenvalue weighted by molar-refractivity contribution is 0.236. The van der Waals surface area contributed by atoms with Gasteiger partial charge in [-0.3, -0.25) is 0 Å². The molecule has 1 aromatic rings. The summed E-state index contributed by atoms with van der Waals surface area (Å²) in [4.78, 5) is 10.3. The third-order valence-electron chi connectivity index (χ3n) is 2.98. The van der Waals surface area contributed by atoms with Crippen LogP contribution in [0.5, 0.6) is 0 Å². The van der Waals surface area contributed by atoms with Gasteiger partial charge in [-0.25, -0.2) is 4.98 Å². The third-order valence-corrected chi connectivity index (χ3v) is 2.98. The zero-order chi connectivity index (χ0) is 11.5. The van der Waals surface area contributed by atoms with E-state index in [2.05, 4.69) is 41.1 Å². The van der Waals surface area contributed by atoms with Crippen LogP contribution in [0.4, 0.5) is 0 Å². The number of hydrogen-bond acceptors (Lipinski definition) is 3. The molecule has 4 nitrogen and oxygen atoms in total. The molecule has 0 bridgehead atoms. The molecule has 0 radical (unpaired) electrons. The molecular weight excluding hydrogens is 200 g/mol. The van der Waals surface area contributed by atoms with Crippen LogP contribution < -0.4 is 5.32 Å². The molecule has 1 unspecified atom stereocenters. The summed E-state index contributed by atoms with van der Waals surface area (Å²) in [6.07, 6.45) is 3.06. The van der Waals surface area contributed by atoms with E-state index in [1.165, 1.54) is 5.69 Å². The van der Waals surface area contributed by atoms with Gasteiger partial charge >= 0.3 is 0 Å². The molecule has 0 saturated carbocycles. The van der Waals surface area contributed by atoms with Crippen LogP contribution in [0.15, 0.2) is 6.20 Å². The van der Waals surface area contributed by atoms with Gasteiger partial charge in [-0.2, -0.15) is 0 Å². The summed E-state index contributed by atoms with van der Waals surface area (Å²) in [5, 5.41) is 3.50. The van der Waals surface area contributed by atoms with Gasteiger partial charge in [-0.15, -0.1) is 0 Å². The number of H-pyrrole nitrogens is 1. The number of piperazine rings is 1. The predicted molar refractivity (Wildman–Crippen MR) is 65.4 cm³/mol. The quantitative estimate of drug-likeness (QED) is 0.807. The number of likely N-dealkylation sites (N-methyl/N-ethyl adjacent to an activating group) is 1. The van der Waals surface area contributed by atoms with E-state index >= 15 is 0 Å². The Morgan fingerprint density at radius 2 is 2.38 bits per heavy atom. The lowest BCUT2D eigenvalue weighted by atomic mass is 10.1. The molecule has 1 atom stereocenters. The van der Waals surface area contributed by atoms with E-state index in [1.54, 1.807) is 0 Å². The Bertz CT molecular complexity index is 332. The second-order valence-electron chi connectivity index (χ2n) is 5.16. The van der Waals surface area contributed by atoms with Crippen molar-refractivity contribution in [1.82, 2.24) is 20.2 Å². The van der Waals surface area contributed by atoms with Gasteiger partial charge in [-0.1, -0.05) is 13.8 Å². The standard InChI is InChI=1S/C12H22N4/c1-9(2)6-10-7-14-12(15-10)11-8-16(3)5-4-13-11/h7,9,11,13H,4-6,8H2,1-3H3,(H,14,15). The average Bonchev–Trinajstić information content (AvgIpc) is 2.65. The molecule has 2 heterocycles. The first-order valence-electron chi connectivity index (χ1n) is 6.11. The molecule has 4 heteroatoms. The van der Waals surface area contributed by atoms with Crippen LogP contribution in [0.3, 0.4) is 0 Å². The average molecular weight is 222 g/mol.